The molecule has 0 fully saturated rings. The van der Waals surface area contributed by atoms with E-state index >= 15 is 0 Å². The number of carbonyl (C=O) groups is 1. The van der Waals surface area contributed by atoms with E-state index in [1.165, 1.54) is 19.1 Å². The molecule has 0 bridgehead atoms. The second-order valence-electron chi connectivity index (χ2n) is 3.00. The van der Waals surface area contributed by atoms with Gasteiger partial charge in [-0.2, -0.15) is 4.99 Å². The molecule has 5 heteroatoms. The molecule has 0 heterocycles. The Morgan fingerprint density at radius 1 is 1.53 bits per heavy atom. The number of halogens is 1. The van der Waals surface area contributed by atoms with Crippen molar-refractivity contribution in [3.63, 3.8) is 0 Å². The van der Waals surface area contributed by atoms with Crippen molar-refractivity contribution in [2.75, 3.05) is 5.32 Å². The van der Waals surface area contributed by atoms with E-state index in [4.69, 9.17) is 0 Å². The second kappa shape index (κ2) is 4.48. The molecule has 15 heavy (non-hydrogen) atoms. The van der Waals surface area contributed by atoms with E-state index in [-0.39, 0.29) is 11.6 Å². The van der Waals surface area contributed by atoms with Gasteiger partial charge in [0.15, 0.2) is 0 Å². The number of anilines is 1. The van der Waals surface area contributed by atoms with Crippen LogP contribution < -0.4 is 5.32 Å². The minimum atomic E-state index is -0.518. The Balaban J connectivity index is 3.32. The molecule has 0 atom stereocenters. The zero-order chi connectivity index (χ0) is 11.4. The SMILES string of the molecule is CC(=O)Nc1c(C)cc(F)cc1N=C=O. The summed E-state index contributed by atoms with van der Waals surface area (Å²) in [4.78, 5) is 24.3. The summed E-state index contributed by atoms with van der Waals surface area (Å²) in [5.41, 5.74) is 0.893. The zero-order valence-electron chi connectivity index (χ0n) is 8.30. The van der Waals surface area contributed by atoms with Crippen LogP contribution in [0.3, 0.4) is 0 Å². The van der Waals surface area contributed by atoms with Gasteiger partial charge in [-0.1, -0.05) is 0 Å². The number of aryl methyl sites for hydroxylation is 1. The lowest BCUT2D eigenvalue weighted by Gasteiger charge is -2.08. The highest BCUT2D eigenvalue weighted by atomic mass is 19.1. The number of aliphatic imine (C=N–C) groups is 1. The maximum atomic E-state index is 13.0. The van der Waals surface area contributed by atoms with Crippen LogP contribution in [-0.2, 0) is 9.59 Å². The van der Waals surface area contributed by atoms with Crippen LogP contribution in [-0.4, -0.2) is 12.0 Å². The van der Waals surface area contributed by atoms with Gasteiger partial charge in [0.1, 0.15) is 11.5 Å². The smallest absolute Gasteiger partial charge is 0.240 e. The number of nitrogens with one attached hydrogen (secondary N) is 1. The zero-order valence-corrected chi connectivity index (χ0v) is 8.30. The van der Waals surface area contributed by atoms with Crippen molar-refractivity contribution in [3.8, 4) is 0 Å². The van der Waals surface area contributed by atoms with Crippen molar-refractivity contribution in [1.82, 2.24) is 0 Å². The summed E-state index contributed by atoms with van der Waals surface area (Å²) < 4.78 is 13.0. The summed E-state index contributed by atoms with van der Waals surface area (Å²) in [5, 5.41) is 2.48. The molecule has 1 amide bonds. The number of isocyanates is 1. The average Bonchev–Trinajstić information content (AvgIpc) is 2.11. The lowest BCUT2D eigenvalue weighted by Crippen LogP contribution is -2.07. The third-order valence-corrected chi connectivity index (χ3v) is 1.75. The van der Waals surface area contributed by atoms with Gasteiger partial charge in [-0.25, -0.2) is 9.18 Å². The quantitative estimate of drug-likeness (QED) is 0.597. The van der Waals surface area contributed by atoms with E-state index < -0.39 is 5.82 Å². The van der Waals surface area contributed by atoms with E-state index in [0.717, 1.165) is 6.07 Å². The van der Waals surface area contributed by atoms with Crippen LogP contribution in [0.4, 0.5) is 15.8 Å². The molecule has 4 nitrogen and oxygen atoms in total. The fraction of sp³-hybridized carbons (Fsp3) is 0.200. The van der Waals surface area contributed by atoms with Crippen LogP contribution in [0.15, 0.2) is 17.1 Å². The molecule has 0 radical (unpaired) electrons. The molecule has 0 unspecified atom stereocenters. The molecule has 0 spiro atoms. The van der Waals surface area contributed by atoms with Gasteiger partial charge in [0, 0.05) is 13.0 Å². The van der Waals surface area contributed by atoms with Gasteiger partial charge in [-0.3, -0.25) is 4.79 Å². The molecule has 0 aliphatic carbocycles. The maximum Gasteiger partial charge on any atom is 0.240 e. The molecule has 0 saturated heterocycles. The van der Waals surface area contributed by atoms with Gasteiger partial charge in [-0.05, 0) is 18.6 Å². The second-order valence-corrected chi connectivity index (χ2v) is 3.00. The normalized spacial score (nSPS) is 9.27. The third kappa shape index (κ3) is 2.72. The largest absolute Gasteiger partial charge is 0.324 e. The van der Waals surface area contributed by atoms with E-state index in [0.29, 0.717) is 11.3 Å². The predicted molar refractivity (Wildman–Crippen MR) is 53.2 cm³/mol. The minimum Gasteiger partial charge on any atom is -0.324 e. The van der Waals surface area contributed by atoms with Crippen molar-refractivity contribution in [2.45, 2.75) is 13.8 Å². The van der Waals surface area contributed by atoms with Gasteiger partial charge in [0.2, 0.25) is 12.0 Å². The van der Waals surface area contributed by atoms with Crippen molar-refractivity contribution in [3.05, 3.63) is 23.5 Å². The molecule has 1 N–H and O–H groups in total. The maximum absolute atomic E-state index is 13.0. The molecule has 0 saturated carbocycles. The fourth-order valence-electron chi connectivity index (χ4n) is 1.20. The van der Waals surface area contributed by atoms with Crippen LogP contribution in [0.2, 0.25) is 0 Å². The number of rotatable bonds is 2. The molecule has 0 aliphatic heterocycles. The highest BCUT2D eigenvalue weighted by molar-refractivity contribution is 5.93. The summed E-state index contributed by atoms with van der Waals surface area (Å²) >= 11 is 0. The van der Waals surface area contributed by atoms with Gasteiger partial charge in [-0.15, -0.1) is 0 Å². The number of benzene rings is 1. The van der Waals surface area contributed by atoms with Gasteiger partial charge in [0.05, 0.1) is 5.69 Å². The highest BCUT2D eigenvalue weighted by Crippen LogP contribution is 2.29. The van der Waals surface area contributed by atoms with Crippen molar-refractivity contribution >= 4 is 23.4 Å². The molecule has 1 rings (SSSR count). The van der Waals surface area contributed by atoms with Crippen molar-refractivity contribution < 1.29 is 14.0 Å². The topological polar surface area (TPSA) is 58.5 Å². The van der Waals surface area contributed by atoms with Crippen molar-refractivity contribution in [2.24, 2.45) is 4.99 Å². The standard InChI is InChI=1S/C10H9FN2O2/c1-6-3-8(11)4-9(12-5-14)10(6)13-7(2)15/h3-4H,1-2H3,(H,13,15). The molecule has 1 aromatic carbocycles. The molecular formula is C10H9FN2O2. The summed E-state index contributed by atoms with van der Waals surface area (Å²) in [5.74, 6) is -0.831. The highest BCUT2D eigenvalue weighted by Gasteiger charge is 2.09. The summed E-state index contributed by atoms with van der Waals surface area (Å²) in [6, 6.07) is 2.30. The van der Waals surface area contributed by atoms with Crippen LogP contribution in [0, 0.1) is 12.7 Å². The van der Waals surface area contributed by atoms with E-state index in [1.54, 1.807) is 6.92 Å². The van der Waals surface area contributed by atoms with Crippen LogP contribution >= 0.6 is 0 Å². The van der Waals surface area contributed by atoms with Gasteiger partial charge in [0.25, 0.3) is 0 Å². The monoisotopic (exact) mass is 208 g/mol. The molecule has 78 valence electrons. The Kier molecular flexibility index (Phi) is 3.31. The summed E-state index contributed by atoms with van der Waals surface area (Å²) in [7, 11) is 0. The first-order valence-corrected chi connectivity index (χ1v) is 4.20. The lowest BCUT2D eigenvalue weighted by atomic mass is 10.1. The number of hydrogen-bond donors (Lipinski definition) is 1. The van der Waals surface area contributed by atoms with Gasteiger partial charge < -0.3 is 5.32 Å². The first-order valence-electron chi connectivity index (χ1n) is 4.20. The van der Waals surface area contributed by atoms with Crippen LogP contribution in [0.5, 0.6) is 0 Å². The molecule has 1 aromatic rings. The molecule has 0 aromatic heterocycles. The Morgan fingerprint density at radius 3 is 2.73 bits per heavy atom. The first-order chi connectivity index (χ1) is 7.04. The fourth-order valence-corrected chi connectivity index (χ4v) is 1.20. The summed E-state index contributed by atoms with van der Waals surface area (Å²) in [6.45, 7) is 2.93. The van der Waals surface area contributed by atoms with Gasteiger partial charge >= 0.3 is 0 Å². The predicted octanol–water partition coefficient (Wildman–Crippen LogP) is 2.06. The van der Waals surface area contributed by atoms with E-state index in [9.17, 15) is 14.0 Å². The van der Waals surface area contributed by atoms with Crippen LogP contribution in [0.25, 0.3) is 0 Å². The lowest BCUT2D eigenvalue weighted by molar-refractivity contribution is -0.114. The Labute approximate surface area is 85.8 Å². The minimum absolute atomic E-state index is 0.0673. The Hall–Kier alpha value is -2.00. The van der Waals surface area contributed by atoms with Crippen LogP contribution in [0.1, 0.15) is 12.5 Å². The number of nitrogens with zero attached hydrogens (tertiary/aromatic N) is 1. The Morgan fingerprint density at radius 2 is 2.20 bits per heavy atom. The summed E-state index contributed by atoms with van der Waals surface area (Å²) in [6.07, 6.45) is 1.31. The van der Waals surface area contributed by atoms with E-state index in [1.807, 2.05) is 0 Å². The number of hydrogen-bond acceptors (Lipinski definition) is 3. The first kappa shape index (κ1) is 11.1. The molecule has 0 aliphatic rings. The van der Waals surface area contributed by atoms with Crippen molar-refractivity contribution in [1.29, 1.82) is 0 Å². The van der Waals surface area contributed by atoms with E-state index in [2.05, 4.69) is 10.3 Å². The number of carbonyl (C=O) groups excluding carboxylic acids is 2. The Bertz CT molecular complexity index is 451. The third-order valence-electron chi connectivity index (χ3n) is 1.75. The average molecular weight is 208 g/mol. The molecular weight excluding hydrogens is 199 g/mol. The number of amides is 1.